The first kappa shape index (κ1) is 12.1. The Bertz CT molecular complexity index is 409. The monoisotopic (exact) mass is 218 g/mol. The number of hydrogen-bond acceptors (Lipinski definition) is 4. The van der Waals surface area contributed by atoms with Gasteiger partial charge in [-0.25, -0.2) is 0 Å². The number of hydrogen-bond donors (Lipinski definition) is 1. The molecule has 16 heavy (non-hydrogen) atoms. The molecule has 5 nitrogen and oxygen atoms in total. The summed E-state index contributed by atoms with van der Waals surface area (Å²) in [4.78, 5) is 17.5. The fourth-order valence-electron chi connectivity index (χ4n) is 1.11. The quantitative estimate of drug-likeness (QED) is 0.786. The average Bonchev–Trinajstić information content (AvgIpc) is 2.28. The number of rotatable bonds is 4. The van der Waals surface area contributed by atoms with Crippen LogP contribution in [0.4, 0.5) is 0 Å². The molecular formula is C11H14N4O. The lowest BCUT2D eigenvalue weighted by Crippen LogP contribution is -2.31. The van der Waals surface area contributed by atoms with Gasteiger partial charge in [-0.3, -0.25) is 9.78 Å². The van der Waals surface area contributed by atoms with Crippen molar-refractivity contribution in [1.29, 1.82) is 5.26 Å². The van der Waals surface area contributed by atoms with Crippen molar-refractivity contribution >= 4 is 5.91 Å². The predicted molar refractivity (Wildman–Crippen MR) is 59.8 cm³/mol. The molecule has 1 amide bonds. The third-order valence-corrected chi connectivity index (χ3v) is 1.97. The highest BCUT2D eigenvalue weighted by atomic mass is 16.1. The molecular weight excluding hydrogens is 204 g/mol. The van der Waals surface area contributed by atoms with Gasteiger partial charge < -0.3 is 10.2 Å². The van der Waals surface area contributed by atoms with Crippen molar-refractivity contribution in [2.75, 3.05) is 27.2 Å². The number of nitrogens with one attached hydrogen (secondary N) is 1. The minimum Gasteiger partial charge on any atom is -0.349 e. The Balaban J connectivity index is 2.56. The molecule has 0 atom stereocenters. The van der Waals surface area contributed by atoms with Gasteiger partial charge in [0.1, 0.15) is 5.69 Å². The molecule has 0 saturated carbocycles. The Morgan fingerprint density at radius 2 is 2.38 bits per heavy atom. The van der Waals surface area contributed by atoms with Crippen LogP contribution in [0.15, 0.2) is 18.3 Å². The van der Waals surface area contributed by atoms with Gasteiger partial charge in [0.15, 0.2) is 0 Å². The third kappa shape index (κ3) is 3.67. The van der Waals surface area contributed by atoms with Crippen LogP contribution in [0.1, 0.15) is 16.1 Å². The molecule has 1 N–H and O–H groups in total. The van der Waals surface area contributed by atoms with E-state index >= 15 is 0 Å². The molecule has 0 radical (unpaired) electrons. The summed E-state index contributed by atoms with van der Waals surface area (Å²) >= 11 is 0. The maximum Gasteiger partial charge on any atom is 0.269 e. The highest BCUT2D eigenvalue weighted by Crippen LogP contribution is 1.99. The first-order valence-corrected chi connectivity index (χ1v) is 4.92. The minimum atomic E-state index is -0.251. The number of carbonyl (C=O) groups excluding carboxylic acids is 1. The van der Waals surface area contributed by atoms with Crippen LogP contribution in [0, 0.1) is 11.3 Å². The molecule has 0 bridgehead atoms. The van der Waals surface area contributed by atoms with E-state index in [1.807, 2.05) is 25.1 Å². The normalized spacial score (nSPS) is 9.88. The first-order valence-electron chi connectivity index (χ1n) is 4.92. The van der Waals surface area contributed by atoms with Crippen molar-refractivity contribution in [2.24, 2.45) is 0 Å². The van der Waals surface area contributed by atoms with E-state index in [4.69, 9.17) is 5.26 Å². The second kappa shape index (κ2) is 5.83. The van der Waals surface area contributed by atoms with Crippen LogP contribution in [0.5, 0.6) is 0 Å². The van der Waals surface area contributed by atoms with E-state index in [0.29, 0.717) is 12.1 Å². The number of carbonyl (C=O) groups is 1. The number of pyridine rings is 1. The maximum absolute atomic E-state index is 11.6. The summed E-state index contributed by atoms with van der Waals surface area (Å²) in [5, 5.41) is 11.4. The largest absolute Gasteiger partial charge is 0.349 e. The summed E-state index contributed by atoms with van der Waals surface area (Å²) in [6.07, 6.45) is 1.46. The summed E-state index contributed by atoms with van der Waals surface area (Å²) in [6.45, 7) is 1.33. The molecule has 0 spiro atoms. The van der Waals surface area contributed by atoms with Gasteiger partial charge in [0, 0.05) is 19.3 Å². The van der Waals surface area contributed by atoms with Crippen LogP contribution in [-0.4, -0.2) is 43.0 Å². The van der Waals surface area contributed by atoms with E-state index in [-0.39, 0.29) is 11.6 Å². The Morgan fingerprint density at radius 3 is 3.00 bits per heavy atom. The molecule has 0 aliphatic rings. The SMILES string of the molecule is CN(C)CCNC(=O)c1cc(C#N)ccn1. The van der Waals surface area contributed by atoms with Crippen LogP contribution in [-0.2, 0) is 0 Å². The highest BCUT2D eigenvalue weighted by molar-refractivity contribution is 5.92. The molecule has 0 fully saturated rings. The Kier molecular flexibility index (Phi) is 4.42. The fourth-order valence-corrected chi connectivity index (χ4v) is 1.11. The van der Waals surface area contributed by atoms with E-state index in [1.54, 1.807) is 6.07 Å². The number of nitrogens with zero attached hydrogens (tertiary/aromatic N) is 3. The van der Waals surface area contributed by atoms with E-state index in [9.17, 15) is 4.79 Å². The molecule has 0 aliphatic carbocycles. The molecule has 0 aromatic carbocycles. The van der Waals surface area contributed by atoms with Crippen molar-refractivity contribution in [1.82, 2.24) is 15.2 Å². The molecule has 1 aromatic heterocycles. The second-order valence-corrected chi connectivity index (χ2v) is 3.60. The Labute approximate surface area is 94.7 Å². The van der Waals surface area contributed by atoms with Gasteiger partial charge in [-0.2, -0.15) is 5.26 Å². The summed E-state index contributed by atoms with van der Waals surface area (Å²) in [6, 6.07) is 5.01. The molecule has 0 saturated heterocycles. The fraction of sp³-hybridized carbons (Fsp3) is 0.364. The van der Waals surface area contributed by atoms with E-state index in [0.717, 1.165) is 6.54 Å². The molecule has 1 aromatic rings. The zero-order valence-electron chi connectivity index (χ0n) is 9.40. The lowest BCUT2D eigenvalue weighted by molar-refractivity contribution is 0.0946. The van der Waals surface area contributed by atoms with Gasteiger partial charge in [-0.05, 0) is 26.2 Å². The number of amides is 1. The van der Waals surface area contributed by atoms with Crippen LogP contribution in [0.25, 0.3) is 0 Å². The number of nitriles is 1. The van der Waals surface area contributed by atoms with Crippen LogP contribution in [0.3, 0.4) is 0 Å². The van der Waals surface area contributed by atoms with Crippen LogP contribution in [0.2, 0.25) is 0 Å². The third-order valence-electron chi connectivity index (χ3n) is 1.97. The van der Waals surface area contributed by atoms with Crippen molar-refractivity contribution in [2.45, 2.75) is 0 Å². The van der Waals surface area contributed by atoms with Gasteiger partial charge in [-0.15, -0.1) is 0 Å². The zero-order valence-corrected chi connectivity index (χ0v) is 9.40. The lowest BCUT2D eigenvalue weighted by Gasteiger charge is -2.09. The minimum absolute atomic E-state index is 0.251. The number of aromatic nitrogens is 1. The molecule has 0 unspecified atom stereocenters. The summed E-state index contributed by atoms with van der Waals surface area (Å²) < 4.78 is 0. The predicted octanol–water partition coefficient (Wildman–Crippen LogP) is 0.245. The van der Waals surface area contributed by atoms with Gasteiger partial charge in [-0.1, -0.05) is 0 Å². The number of likely N-dealkylation sites (N-methyl/N-ethyl adjacent to an activating group) is 1. The smallest absolute Gasteiger partial charge is 0.269 e. The van der Waals surface area contributed by atoms with Crippen molar-refractivity contribution in [3.8, 4) is 6.07 Å². The zero-order chi connectivity index (χ0) is 12.0. The van der Waals surface area contributed by atoms with Gasteiger partial charge in [0.05, 0.1) is 11.6 Å². The van der Waals surface area contributed by atoms with E-state index < -0.39 is 0 Å². The van der Waals surface area contributed by atoms with Crippen molar-refractivity contribution < 1.29 is 4.79 Å². The molecule has 0 aliphatic heterocycles. The molecule has 84 valence electrons. The van der Waals surface area contributed by atoms with Crippen molar-refractivity contribution in [3.63, 3.8) is 0 Å². The van der Waals surface area contributed by atoms with Gasteiger partial charge in [0.25, 0.3) is 5.91 Å². The standard InChI is InChI=1S/C11H14N4O/c1-15(2)6-5-14-11(16)10-7-9(8-12)3-4-13-10/h3-4,7H,5-6H2,1-2H3,(H,14,16). The topological polar surface area (TPSA) is 69.0 Å². The van der Waals surface area contributed by atoms with Gasteiger partial charge in [0.2, 0.25) is 0 Å². The average molecular weight is 218 g/mol. The summed E-state index contributed by atoms with van der Waals surface area (Å²) in [5.41, 5.74) is 0.713. The molecule has 1 heterocycles. The van der Waals surface area contributed by atoms with Crippen LogP contribution >= 0.6 is 0 Å². The first-order chi connectivity index (χ1) is 7.63. The van der Waals surface area contributed by atoms with Gasteiger partial charge >= 0.3 is 0 Å². The second-order valence-electron chi connectivity index (χ2n) is 3.60. The molecule has 5 heteroatoms. The van der Waals surface area contributed by atoms with Crippen LogP contribution < -0.4 is 5.32 Å². The Morgan fingerprint density at radius 1 is 1.62 bits per heavy atom. The molecule has 1 rings (SSSR count). The maximum atomic E-state index is 11.6. The summed E-state index contributed by atoms with van der Waals surface area (Å²) in [7, 11) is 3.86. The Hall–Kier alpha value is -1.93. The highest BCUT2D eigenvalue weighted by Gasteiger charge is 2.06. The van der Waals surface area contributed by atoms with Crippen molar-refractivity contribution in [3.05, 3.63) is 29.6 Å². The summed E-state index contributed by atoms with van der Waals surface area (Å²) in [5.74, 6) is -0.251. The van der Waals surface area contributed by atoms with E-state index in [2.05, 4.69) is 10.3 Å². The van der Waals surface area contributed by atoms with E-state index in [1.165, 1.54) is 12.3 Å². The lowest BCUT2D eigenvalue weighted by atomic mass is 10.2.